The smallest absolute Gasteiger partial charge is 0.203 e. The van der Waals surface area contributed by atoms with Gasteiger partial charge < -0.3 is 5.11 Å². The third-order valence-electron chi connectivity index (χ3n) is 7.10. The van der Waals surface area contributed by atoms with Crippen LogP contribution in [0.1, 0.15) is 111 Å². The summed E-state index contributed by atoms with van der Waals surface area (Å²) in [5.41, 5.74) is 1.28. The Morgan fingerprint density at radius 1 is 0.844 bits per heavy atom. The lowest BCUT2D eigenvalue weighted by Crippen LogP contribution is -2.54. The van der Waals surface area contributed by atoms with Gasteiger partial charge in [-0.3, -0.25) is 0 Å². The minimum Gasteiger partial charge on any atom is -0.390 e. The molecule has 1 aromatic rings. The molecule has 3 heteroatoms. The lowest BCUT2D eigenvalue weighted by Gasteiger charge is -2.34. The Labute approximate surface area is 198 Å². The Kier molecular flexibility index (Phi) is 13.2. The number of quaternary nitrogens is 1. The second-order valence-corrected chi connectivity index (χ2v) is 10.5. The zero-order valence-electron chi connectivity index (χ0n) is 21.4. The third-order valence-corrected chi connectivity index (χ3v) is 7.10. The van der Waals surface area contributed by atoms with Crippen LogP contribution in [0.15, 0.2) is 35.3 Å². The van der Waals surface area contributed by atoms with Gasteiger partial charge in [-0.1, -0.05) is 109 Å². The Morgan fingerprint density at radius 2 is 1.38 bits per heavy atom. The zero-order chi connectivity index (χ0) is 23.1. The van der Waals surface area contributed by atoms with Gasteiger partial charge in [0.15, 0.2) is 0 Å². The molecule has 32 heavy (non-hydrogen) atoms. The summed E-state index contributed by atoms with van der Waals surface area (Å²) in [5.74, 6) is 2.15. The molecular formula is C29H51N2O+. The van der Waals surface area contributed by atoms with Crippen molar-refractivity contribution in [2.75, 3.05) is 19.7 Å². The van der Waals surface area contributed by atoms with Crippen LogP contribution in [0.25, 0.3) is 0 Å². The molecule has 1 aromatic carbocycles. The summed E-state index contributed by atoms with van der Waals surface area (Å²) in [4.78, 5) is 5.02. The molecule has 1 N–H and O–H groups in total. The van der Waals surface area contributed by atoms with Gasteiger partial charge in [0.05, 0.1) is 6.61 Å². The molecule has 182 valence electrons. The van der Waals surface area contributed by atoms with E-state index in [1.54, 1.807) is 0 Å². The number of rotatable bonds is 18. The minimum atomic E-state index is 0.207. The van der Waals surface area contributed by atoms with Crippen LogP contribution in [0.3, 0.4) is 0 Å². The number of hydrogen-bond donors (Lipinski definition) is 1. The number of aliphatic imine (C=N–C) groups is 1. The van der Waals surface area contributed by atoms with Crippen LogP contribution in [0.2, 0.25) is 0 Å². The maximum Gasteiger partial charge on any atom is 0.203 e. The van der Waals surface area contributed by atoms with E-state index in [-0.39, 0.29) is 6.61 Å². The van der Waals surface area contributed by atoms with Crippen LogP contribution in [0, 0.1) is 5.92 Å². The maximum atomic E-state index is 9.79. The molecule has 2 rings (SSSR count). The fourth-order valence-corrected chi connectivity index (χ4v) is 5.33. The Morgan fingerprint density at radius 3 is 1.91 bits per heavy atom. The molecule has 1 aliphatic rings. The summed E-state index contributed by atoms with van der Waals surface area (Å²) in [6.45, 7) is 8.81. The lowest BCUT2D eigenvalue weighted by atomic mass is 10.0. The van der Waals surface area contributed by atoms with Crippen molar-refractivity contribution in [3.63, 3.8) is 0 Å². The SMILES string of the molecule is CC(C)CCCCCCCCCCCCCCC1=NC(C)C[N+]1(CCO)c1ccccc1. The average Bonchev–Trinajstić information content (AvgIpc) is 3.10. The first kappa shape index (κ1) is 27.1. The molecule has 0 fully saturated rings. The van der Waals surface area contributed by atoms with Crippen molar-refractivity contribution >= 4 is 11.5 Å². The molecule has 0 aliphatic carbocycles. The maximum absolute atomic E-state index is 9.79. The summed E-state index contributed by atoms with van der Waals surface area (Å²) in [7, 11) is 0. The number of aliphatic hydroxyl groups is 1. The van der Waals surface area contributed by atoms with Crippen molar-refractivity contribution in [2.45, 2.75) is 117 Å². The summed E-state index contributed by atoms with van der Waals surface area (Å²) >= 11 is 0. The number of aliphatic hydroxyl groups excluding tert-OH is 1. The van der Waals surface area contributed by atoms with Crippen LogP contribution in [0.5, 0.6) is 0 Å². The van der Waals surface area contributed by atoms with E-state index in [2.05, 4.69) is 51.1 Å². The van der Waals surface area contributed by atoms with E-state index in [0.717, 1.165) is 29.9 Å². The number of amidine groups is 1. The highest BCUT2D eigenvalue weighted by molar-refractivity contribution is 5.95. The van der Waals surface area contributed by atoms with Gasteiger partial charge in [0, 0.05) is 6.42 Å². The van der Waals surface area contributed by atoms with Crippen molar-refractivity contribution < 1.29 is 5.11 Å². The van der Waals surface area contributed by atoms with E-state index in [1.807, 2.05) is 0 Å². The van der Waals surface area contributed by atoms with Gasteiger partial charge >= 0.3 is 0 Å². The topological polar surface area (TPSA) is 32.6 Å². The Balaban J connectivity index is 1.57. The predicted octanol–water partition coefficient (Wildman–Crippen LogP) is 7.90. The molecule has 0 saturated heterocycles. The van der Waals surface area contributed by atoms with Crippen LogP contribution in [0.4, 0.5) is 5.69 Å². The minimum absolute atomic E-state index is 0.207. The average molecular weight is 444 g/mol. The summed E-state index contributed by atoms with van der Waals surface area (Å²) in [6.07, 6.45) is 19.1. The number of unbranched alkanes of at least 4 members (excludes halogenated alkanes) is 11. The van der Waals surface area contributed by atoms with Gasteiger partial charge in [0.1, 0.15) is 24.8 Å². The predicted molar refractivity (Wildman–Crippen MR) is 141 cm³/mol. The van der Waals surface area contributed by atoms with E-state index in [9.17, 15) is 5.11 Å². The molecule has 0 aromatic heterocycles. The molecule has 0 spiro atoms. The molecule has 2 unspecified atom stereocenters. The van der Waals surface area contributed by atoms with Crippen molar-refractivity contribution in [3.8, 4) is 0 Å². The lowest BCUT2D eigenvalue weighted by molar-refractivity contribution is 0.251. The highest BCUT2D eigenvalue weighted by atomic mass is 16.3. The monoisotopic (exact) mass is 443 g/mol. The van der Waals surface area contributed by atoms with E-state index < -0.39 is 0 Å². The van der Waals surface area contributed by atoms with Gasteiger partial charge in [-0.05, 0) is 31.4 Å². The third kappa shape index (κ3) is 9.35. The van der Waals surface area contributed by atoms with Crippen LogP contribution in [-0.4, -0.2) is 36.7 Å². The van der Waals surface area contributed by atoms with Crippen LogP contribution in [-0.2, 0) is 0 Å². The fourth-order valence-electron chi connectivity index (χ4n) is 5.33. The second kappa shape index (κ2) is 15.6. The zero-order valence-corrected chi connectivity index (χ0v) is 21.4. The van der Waals surface area contributed by atoms with Gasteiger partial charge in [0.2, 0.25) is 5.84 Å². The van der Waals surface area contributed by atoms with Crippen LogP contribution < -0.4 is 4.48 Å². The number of hydrogen-bond acceptors (Lipinski definition) is 2. The van der Waals surface area contributed by atoms with Gasteiger partial charge in [-0.25, -0.2) is 9.48 Å². The van der Waals surface area contributed by atoms with Crippen molar-refractivity contribution in [1.29, 1.82) is 0 Å². The largest absolute Gasteiger partial charge is 0.390 e. The van der Waals surface area contributed by atoms with Crippen molar-refractivity contribution in [1.82, 2.24) is 4.48 Å². The highest BCUT2D eigenvalue weighted by Crippen LogP contribution is 2.31. The number of nitrogens with zero attached hydrogens (tertiary/aromatic N) is 2. The highest BCUT2D eigenvalue weighted by Gasteiger charge is 2.42. The molecule has 0 radical (unpaired) electrons. The van der Waals surface area contributed by atoms with E-state index >= 15 is 0 Å². The molecule has 0 amide bonds. The molecule has 1 aliphatic heterocycles. The molecule has 2 atom stereocenters. The molecule has 0 saturated carbocycles. The summed E-state index contributed by atoms with van der Waals surface area (Å²) < 4.78 is 0.760. The fraction of sp³-hybridized carbons (Fsp3) is 0.759. The molecule has 0 bridgehead atoms. The van der Waals surface area contributed by atoms with Crippen molar-refractivity contribution in [2.24, 2.45) is 10.9 Å². The Hall–Kier alpha value is -1.19. The first-order valence-electron chi connectivity index (χ1n) is 13.7. The standard InChI is InChI=1S/C29H51N2O/c1-26(2)19-15-12-10-8-6-4-5-7-9-11-13-18-22-29-30-27(3)25-31(29,23-24-32)28-20-16-14-17-21-28/h14,16-17,20-21,26-27,32H,4-13,15,18-19,22-25H2,1-3H3/q+1. The van der Waals surface area contributed by atoms with E-state index in [1.165, 1.54) is 95.0 Å². The normalized spacial score (nSPS) is 20.8. The molecule has 3 nitrogen and oxygen atoms in total. The van der Waals surface area contributed by atoms with Gasteiger partial charge in [0.25, 0.3) is 0 Å². The van der Waals surface area contributed by atoms with E-state index in [0.29, 0.717) is 6.04 Å². The molecular weight excluding hydrogens is 392 g/mol. The summed E-state index contributed by atoms with van der Waals surface area (Å²) in [5, 5.41) is 9.79. The van der Waals surface area contributed by atoms with E-state index in [4.69, 9.17) is 4.99 Å². The van der Waals surface area contributed by atoms with Crippen molar-refractivity contribution in [3.05, 3.63) is 30.3 Å². The quantitative estimate of drug-likeness (QED) is 0.181. The van der Waals surface area contributed by atoms with Crippen LogP contribution >= 0.6 is 0 Å². The van der Waals surface area contributed by atoms with Gasteiger partial charge in [-0.15, -0.1) is 0 Å². The van der Waals surface area contributed by atoms with Gasteiger partial charge in [-0.2, -0.15) is 0 Å². The first-order chi connectivity index (χ1) is 15.6. The first-order valence-corrected chi connectivity index (χ1v) is 13.7. The summed E-state index contributed by atoms with van der Waals surface area (Å²) in [6, 6.07) is 11.0. The number of para-hydroxylation sites is 1. The number of benzene rings is 1. The molecule has 1 heterocycles. The Bertz CT molecular complexity index is 627. The second-order valence-electron chi connectivity index (χ2n) is 10.5.